The van der Waals surface area contributed by atoms with Gasteiger partial charge in [-0.15, -0.1) is 12.4 Å². The Kier molecular flexibility index (Phi) is 5.98. The van der Waals surface area contributed by atoms with E-state index in [9.17, 15) is 9.59 Å². The van der Waals surface area contributed by atoms with Crippen LogP contribution in [0.4, 0.5) is 5.13 Å². The van der Waals surface area contributed by atoms with Gasteiger partial charge < -0.3 is 11.1 Å². The van der Waals surface area contributed by atoms with E-state index in [1.807, 2.05) is 30.3 Å². The largest absolute Gasteiger partial charge is 0.324 e. The summed E-state index contributed by atoms with van der Waals surface area (Å²) >= 11 is 1.26. The molecule has 1 aromatic heterocycles. The lowest BCUT2D eigenvalue weighted by Crippen LogP contribution is -2.26. The summed E-state index contributed by atoms with van der Waals surface area (Å²) in [6, 6.07) is 9.16. The third kappa shape index (κ3) is 4.66. The molecule has 0 fully saturated rings. The topological polar surface area (TPSA) is 85.1 Å². The summed E-state index contributed by atoms with van der Waals surface area (Å²) in [5, 5.41) is 3.27. The number of halogens is 1. The first-order valence-corrected chi connectivity index (χ1v) is 8.79. The van der Waals surface area contributed by atoms with Crippen LogP contribution in [0.1, 0.15) is 53.7 Å². The molecule has 3 rings (SSSR count). The van der Waals surface area contributed by atoms with Crippen molar-refractivity contribution in [2.45, 2.75) is 39.2 Å². The number of carbonyl (C=O) groups is 2. The normalized spacial score (nSPS) is 16.5. The summed E-state index contributed by atoms with van der Waals surface area (Å²) in [4.78, 5) is 29.5. The number of benzene rings is 1. The van der Waals surface area contributed by atoms with Crippen LogP contribution in [0.5, 0.6) is 0 Å². The Morgan fingerprint density at radius 2 is 2.00 bits per heavy atom. The molecular weight excluding hydrogens is 358 g/mol. The number of Topliss-reactive ketones (excluding diaryl/α,β-unsaturated/α-hetero) is 1. The van der Waals surface area contributed by atoms with E-state index in [2.05, 4.69) is 24.1 Å². The van der Waals surface area contributed by atoms with Gasteiger partial charge in [0.25, 0.3) is 0 Å². The highest BCUT2D eigenvalue weighted by molar-refractivity contribution is 7.17. The zero-order valence-electron chi connectivity index (χ0n) is 14.2. The number of amides is 1. The van der Waals surface area contributed by atoms with Gasteiger partial charge >= 0.3 is 0 Å². The Bertz CT molecular complexity index is 774. The number of carbonyl (C=O) groups excluding carboxylic acids is 2. The summed E-state index contributed by atoms with van der Waals surface area (Å²) < 4.78 is 0. The highest BCUT2D eigenvalue weighted by Gasteiger charge is 2.34. The maximum Gasteiger partial charge on any atom is 0.228 e. The minimum absolute atomic E-state index is 0. The zero-order valence-corrected chi connectivity index (χ0v) is 15.9. The smallest absolute Gasteiger partial charge is 0.228 e. The van der Waals surface area contributed by atoms with Crippen LogP contribution in [0.25, 0.3) is 0 Å². The van der Waals surface area contributed by atoms with E-state index in [1.54, 1.807) is 0 Å². The lowest BCUT2D eigenvalue weighted by atomic mass is 9.78. The van der Waals surface area contributed by atoms with Gasteiger partial charge in [-0.3, -0.25) is 9.59 Å². The SMILES string of the molecule is CC1(C)CC(=O)c2sc(NC(=O)CC(N)c3ccccc3)nc2C1.Cl. The fraction of sp³-hybridized carbons (Fsp3) is 0.389. The highest BCUT2D eigenvalue weighted by Crippen LogP contribution is 2.38. The van der Waals surface area contributed by atoms with Gasteiger partial charge in [0.05, 0.1) is 10.6 Å². The van der Waals surface area contributed by atoms with Crippen molar-refractivity contribution in [2.75, 3.05) is 5.32 Å². The molecule has 0 bridgehead atoms. The van der Waals surface area contributed by atoms with Crippen molar-refractivity contribution in [3.05, 3.63) is 46.5 Å². The number of rotatable bonds is 4. The fourth-order valence-electron chi connectivity index (χ4n) is 2.96. The molecule has 1 aliphatic rings. The lowest BCUT2D eigenvalue weighted by molar-refractivity contribution is -0.116. The Morgan fingerprint density at radius 3 is 2.68 bits per heavy atom. The van der Waals surface area contributed by atoms with E-state index in [4.69, 9.17) is 5.73 Å². The predicted molar refractivity (Wildman–Crippen MR) is 102 cm³/mol. The minimum Gasteiger partial charge on any atom is -0.324 e. The van der Waals surface area contributed by atoms with Gasteiger partial charge in [0.2, 0.25) is 5.91 Å². The molecule has 1 unspecified atom stereocenters. The van der Waals surface area contributed by atoms with E-state index in [1.165, 1.54) is 11.3 Å². The molecule has 1 amide bonds. The molecule has 25 heavy (non-hydrogen) atoms. The number of thiazole rings is 1. The Morgan fingerprint density at radius 1 is 1.32 bits per heavy atom. The summed E-state index contributed by atoms with van der Waals surface area (Å²) in [5.74, 6) is -0.0793. The molecule has 3 N–H and O–H groups in total. The van der Waals surface area contributed by atoms with Gasteiger partial charge in [-0.1, -0.05) is 55.5 Å². The summed E-state index contributed by atoms with van der Waals surface area (Å²) in [6.45, 7) is 4.12. The van der Waals surface area contributed by atoms with Crippen molar-refractivity contribution in [1.29, 1.82) is 0 Å². The van der Waals surface area contributed by atoms with Crippen LogP contribution in [0.15, 0.2) is 30.3 Å². The Hall–Kier alpha value is -1.76. The molecule has 0 saturated carbocycles. The first-order chi connectivity index (χ1) is 11.3. The van der Waals surface area contributed by atoms with Crippen LogP contribution in [-0.2, 0) is 11.2 Å². The fourth-order valence-corrected chi connectivity index (χ4v) is 3.90. The number of hydrogen-bond donors (Lipinski definition) is 2. The molecule has 0 spiro atoms. The number of nitrogens with zero attached hydrogens (tertiary/aromatic N) is 1. The summed E-state index contributed by atoms with van der Waals surface area (Å²) in [7, 11) is 0. The molecule has 5 nitrogen and oxygen atoms in total. The molecule has 1 atom stereocenters. The maximum atomic E-state index is 12.2. The quantitative estimate of drug-likeness (QED) is 0.847. The molecule has 1 heterocycles. The summed E-state index contributed by atoms with van der Waals surface area (Å²) in [6.07, 6.45) is 1.45. The molecular formula is C18H22ClN3O2S. The molecule has 0 aliphatic heterocycles. The van der Waals surface area contributed by atoms with Gasteiger partial charge in [0.1, 0.15) is 0 Å². The van der Waals surface area contributed by atoms with Crippen molar-refractivity contribution in [3.8, 4) is 0 Å². The van der Waals surface area contributed by atoms with Gasteiger partial charge in [-0.2, -0.15) is 0 Å². The van der Waals surface area contributed by atoms with Crippen molar-refractivity contribution in [1.82, 2.24) is 4.98 Å². The maximum absolute atomic E-state index is 12.2. The van der Waals surface area contributed by atoms with Gasteiger partial charge in [-0.05, 0) is 17.4 Å². The predicted octanol–water partition coefficient (Wildman–Crippen LogP) is 3.75. The average molecular weight is 380 g/mol. The van der Waals surface area contributed by atoms with Crippen molar-refractivity contribution >= 4 is 40.6 Å². The Balaban J connectivity index is 0.00000225. The molecule has 134 valence electrons. The number of anilines is 1. The van der Waals surface area contributed by atoms with Crippen LogP contribution in [-0.4, -0.2) is 16.7 Å². The lowest BCUT2D eigenvalue weighted by Gasteiger charge is -2.26. The second-order valence-electron chi connectivity index (χ2n) is 7.01. The van der Waals surface area contributed by atoms with Crippen LogP contribution in [0.2, 0.25) is 0 Å². The number of fused-ring (bicyclic) bond motifs is 1. The van der Waals surface area contributed by atoms with Crippen molar-refractivity contribution in [3.63, 3.8) is 0 Å². The molecule has 7 heteroatoms. The molecule has 0 saturated heterocycles. The van der Waals surface area contributed by atoms with E-state index < -0.39 is 0 Å². The van der Waals surface area contributed by atoms with E-state index in [0.717, 1.165) is 17.7 Å². The van der Waals surface area contributed by atoms with Gasteiger partial charge in [0, 0.05) is 18.9 Å². The first kappa shape index (κ1) is 19.6. The highest BCUT2D eigenvalue weighted by atomic mass is 35.5. The van der Waals surface area contributed by atoms with Gasteiger partial charge in [0.15, 0.2) is 10.9 Å². The van der Waals surface area contributed by atoms with Crippen LogP contribution in [0.3, 0.4) is 0 Å². The van der Waals surface area contributed by atoms with Crippen LogP contribution in [0, 0.1) is 5.41 Å². The molecule has 2 aromatic rings. The molecule has 0 radical (unpaired) electrons. The molecule has 1 aliphatic carbocycles. The van der Waals surface area contributed by atoms with E-state index >= 15 is 0 Å². The molecule has 1 aromatic carbocycles. The van der Waals surface area contributed by atoms with E-state index in [0.29, 0.717) is 16.4 Å². The Labute approximate surface area is 157 Å². The number of nitrogens with two attached hydrogens (primary N) is 1. The van der Waals surface area contributed by atoms with Crippen LogP contribution < -0.4 is 11.1 Å². The second-order valence-corrected chi connectivity index (χ2v) is 8.00. The van der Waals surface area contributed by atoms with Crippen LogP contribution >= 0.6 is 23.7 Å². The van der Waals surface area contributed by atoms with Crippen molar-refractivity contribution < 1.29 is 9.59 Å². The monoisotopic (exact) mass is 379 g/mol. The number of hydrogen-bond acceptors (Lipinski definition) is 5. The van der Waals surface area contributed by atoms with Gasteiger partial charge in [-0.25, -0.2) is 4.98 Å². The standard InChI is InChI=1S/C18H21N3O2S.ClH/c1-18(2)9-13-16(14(22)10-18)24-17(20-13)21-15(23)8-12(19)11-6-4-3-5-7-11;/h3-7,12H,8-10,19H2,1-2H3,(H,20,21,23);1H. The zero-order chi connectivity index (χ0) is 17.3. The number of nitrogens with one attached hydrogen (secondary N) is 1. The second kappa shape index (κ2) is 7.64. The third-order valence-corrected chi connectivity index (χ3v) is 5.17. The minimum atomic E-state index is -0.360. The van der Waals surface area contributed by atoms with E-state index in [-0.39, 0.29) is 42.0 Å². The number of aromatic nitrogens is 1. The first-order valence-electron chi connectivity index (χ1n) is 7.97. The number of ketones is 1. The third-order valence-electron chi connectivity index (χ3n) is 4.12. The van der Waals surface area contributed by atoms with Crippen molar-refractivity contribution in [2.24, 2.45) is 11.1 Å². The average Bonchev–Trinajstić information content (AvgIpc) is 2.89. The summed E-state index contributed by atoms with van der Waals surface area (Å²) in [5.41, 5.74) is 7.71.